The molecule has 1 aliphatic heterocycles. The van der Waals surface area contributed by atoms with Gasteiger partial charge in [0.25, 0.3) is 0 Å². The highest BCUT2D eigenvalue weighted by Crippen LogP contribution is 2.32. The van der Waals surface area contributed by atoms with Crippen molar-refractivity contribution in [2.45, 2.75) is 58.4 Å². The van der Waals surface area contributed by atoms with E-state index in [0.29, 0.717) is 0 Å². The van der Waals surface area contributed by atoms with Gasteiger partial charge in [-0.25, -0.2) is 4.39 Å². The number of carbonyl (C=O) groups is 4. The molecule has 0 aliphatic carbocycles. The Morgan fingerprint density at radius 2 is 1.45 bits per heavy atom. The van der Waals surface area contributed by atoms with E-state index in [2.05, 4.69) is 0 Å². The molecule has 222 valence electrons. The minimum absolute atomic E-state index is 0.0221. The zero-order chi connectivity index (χ0) is 30.6. The van der Waals surface area contributed by atoms with E-state index in [9.17, 15) is 28.4 Å². The molecule has 13 heteroatoms. The van der Waals surface area contributed by atoms with Gasteiger partial charge in [0.1, 0.15) is 36.1 Å². The molecular weight excluding hydrogens is 559 g/mol. The highest BCUT2D eigenvalue weighted by atomic mass is 19.1. The molecule has 0 bridgehead atoms. The van der Waals surface area contributed by atoms with Gasteiger partial charge in [-0.2, -0.15) is 0 Å². The van der Waals surface area contributed by atoms with E-state index in [1.165, 1.54) is 36.4 Å². The molecule has 0 saturated carbocycles. The maximum absolute atomic E-state index is 14.3. The van der Waals surface area contributed by atoms with Gasteiger partial charge >= 0.3 is 23.9 Å². The fourth-order valence-electron chi connectivity index (χ4n) is 4.47. The topological polar surface area (TPSA) is 154 Å². The van der Waals surface area contributed by atoms with Crippen molar-refractivity contribution in [3.8, 4) is 16.9 Å². The Kier molecular flexibility index (Phi) is 9.21. The maximum Gasteiger partial charge on any atom is 0.303 e. The van der Waals surface area contributed by atoms with Crippen LogP contribution in [0.3, 0.4) is 0 Å². The molecule has 1 aromatic heterocycles. The number of benzene rings is 2. The molecule has 0 amide bonds. The summed E-state index contributed by atoms with van der Waals surface area (Å²) in [5.41, 5.74) is -0.303. The van der Waals surface area contributed by atoms with Crippen LogP contribution in [-0.4, -0.2) is 61.2 Å². The predicted molar refractivity (Wildman–Crippen MR) is 140 cm³/mol. The molecule has 0 N–H and O–H groups in total. The first-order valence-corrected chi connectivity index (χ1v) is 12.7. The fraction of sp³-hybridized carbons (Fsp3) is 0.345. The van der Waals surface area contributed by atoms with Crippen molar-refractivity contribution in [2.24, 2.45) is 0 Å². The Morgan fingerprint density at radius 1 is 0.810 bits per heavy atom. The summed E-state index contributed by atoms with van der Waals surface area (Å²) in [6.45, 7) is 4.04. The molecule has 0 unspecified atom stereocenters. The maximum atomic E-state index is 14.3. The lowest BCUT2D eigenvalue weighted by Crippen LogP contribution is -2.63. The number of esters is 4. The highest BCUT2D eigenvalue weighted by Gasteiger charge is 2.53. The van der Waals surface area contributed by atoms with E-state index in [-0.39, 0.29) is 27.8 Å². The Hall–Kier alpha value is -4.78. The van der Waals surface area contributed by atoms with E-state index in [1.807, 2.05) is 0 Å². The quantitative estimate of drug-likeness (QED) is 0.281. The summed E-state index contributed by atoms with van der Waals surface area (Å²) in [6.07, 6.45) is -5.78. The fourth-order valence-corrected chi connectivity index (χ4v) is 4.47. The van der Waals surface area contributed by atoms with Crippen LogP contribution in [0.15, 0.2) is 57.9 Å². The van der Waals surface area contributed by atoms with Gasteiger partial charge in [-0.3, -0.25) is 24.0 Å². The third-order valence-corrected chi connectivity index (χ3v) is 6.11. The molecule has 4 rings (SSSR count). The van der Waals surface area contributed by atoms with E-state index < -0.39 is 72.4 Å². The average molecular weight is 587 g/mol. The Balaban J connectivity index is 1.71. The monoisotopic (exact) mass is 586 g/mol. The first-order valence-electron chi connectivity index (χ1n) is 12.7. The SMILES string of the molecule is CC(=O)OC[C@@H]1O[C@H](Oc2ccc3c(=O)c(-c4ccccc4F)coc3c2)[C@H](OC(C)=O)[C@@H](OC(C)=O)[C@H]1OC(C)=O. The Bertz CT molecular complexity index is 1560. The molecule has 2 aromatic carbocycles. The number of fused-ring (bicyclic) bond motifs is 1. The second-order valence-corrected chi connectivity index (χ2v) is 9.30. The summed E-state index contributed by atoms with van der Waals surface area (Å²) in [7, 11) is 0. The molecule has 42 heavy (non-hydrogen) atoms. The highest BCUT2D eigenvalue weighted by molar-refractivity contribution is 5.82. The largest absolute Gasteiger partial charge is 0.463 e. The van der Waals surface area contributed by atoms with Crippen LogP contribution < -0.4 is 10.2 Å². The van der Waals surface area contributed by atoms with E-state index in [1.54, 1.807) is 6.07 Å². The first-order chi connectivity index (χ1) is 19.9. The van der Waals surface area contributed by atoms with Crippen LogP contribution in [0.1, 0.15) is 27.7 Å². The third kappa shape index (κ3) is 6.92. The zero-order valence-electron chi connectivity index (χ0n) is 23.0. The van der Waals surface area contributed by atoms with E-state index in [0.717, 1.165) is 34.0 Å². The summed E-state index contributed by atoms with van der Waals surface area (Å²) in [4.78, 5) is 60.6. The second-order valence-electron chi connectivity index (χ2n) is 9.30. The minimum atomic E-state index is -1.48. The van der Waals surface area contributed by atoms with Gasteiger partial charge in [0.05, 0.1) is 10.9 Å². The van der Waals surface area contributed by atoms with Gasteiger partial charge in [0.2, 0.25) is 17.8 Å². The minimum Gasteiger partial charge on any atom is -0.463 e. The van der Waals surface area contributed by atoms with Crippen molar-refractivity contribution in [2.75, 3.05) is 6.61 Å². The van der Waals surface area contributed by atoms with E-state index in [4.69, 9.17) is 32.8 Å². The van der Waals surface area contributed by atoms with Gasteiger partial charge in [-0.05, 0) is 18.2 Å². The lowest BCUT2D eigenvalue weighted by Gasteiger charge is -2.43. The van der Waals surface area contributed by atoms with Crippen LogP contribution in [0.4, 0.5) is 4.39 Å². The van der Waals surface area contributed by atoms with Crippen LogP contribution in [0, 0.1) is 5.82 Å². The Labute approximate surface area is 238 Å². The number of carbonyl (C=O) groups excluding carboxylic acids is 4. The third-order valence-electron chi connectivity index (χ3n) is 6.11. The number of hydrogen-bond acceptors (Lipinski definition) is 12. The average Bonchev–Trinajstić information content (AvgIpc) is 2.91. The lowest BCUT2D eigenvalue weighted by molar-refractivity contribution is -0.288. The van der Waals surface area contributed by atoms with E-state index >= 15 is 0 Å². The van der Waals surface area contributed by atoms with Gasteiger partial charge in [0.15, 0.2) is 12.2 Å². The predicted octanol–water partition coefficient (Wildman–Crippen LogP) is 3.06. The molecule has 0 spiro atoms. The number of ether oxygens (including phenoxy) is 6. The molecule has 5 atom stereocenters. The van der Waals surface area contributed by atoms with Crippen LogP contribution in [0.5, 0.6) is 5.75 Å². The lowest BCUT2D eigenvalue weighted by atomic mass is 9.98. The smallest absolute Gasteiger partial charge is 0.303 e. The summed E-state index contributed by atoms with van der Waals surface area (Å²) in [6, 6.07) is 9.92. The van der Waals surface area contributed by atoms with Crippen molar-refractivity contribution in [3.05, 3.63) is 64.8 Å². The van der Waals surface area contributed by atoms with Crippen molar-refractivity contribution >= 4 is 34.8 Å². The van der Waals surface area contributed by atoms with Crippen molar-refractivity contribution in [1.29, 1.82) is 0 Å². The van der Waals surface area contributed by atoms with Crippen LogP contribution >= 0.6 is 0 Å². The normalized spacial score (nSPS) is 21.7. The standard InChI is InChI=1S/C29H27FO12/c1-14(31)36-13-24-26(38-15(2)32)27(39-16(3)33)28(40-17(4)34)29(42-24)41-18-9-10-20-23(11-18)37-12-21(25(20)35)19-7-5-6-8-22(19)30/h5-12,24,26-29H,13H2,1-4H3/t24-,26-,27-,28+,29-/m0/s1. The second kappa shape index (κ2) is 12.8. The number of halogens is 1. The molecular formula is C29H27FO12. The van der Waals surface area contributed by atoms with Crippen LogP contribution in [0.2, 0.25) is 0 Å². The van der Waals surface area contributed by atoms with Crippen molar-refractivity contribution < 1.29 is 56.4 Å². The zero-order valence-corrected chi connectivity index (χ0v) is 23.0. The van der Waals surface area contributed by atoms with Crippen molar-refractivity contribution in [1.82, 2.24) is 0 Å². The Morgan fingerprint density at radius 3 is 2.10 bits per heavy atom. The summed E-state index contributed by atoms with van der Waals surface area (Å²) in [5, 5.41) is 0.129. The van der Waals surface area contributed by atoms with Gasteiger partial charge in [0, 0.05) is 39.3 Å². The molecule has 1 aliphatic rings. The molecule has 12 nitrogen and oxygen atoms in total. The molecule has 0 radical (unpaired) electrons. The number of hydrogen-bond donors (Lipinski definition) is 0. The van der Waals surface area contributed by atoms with Gasteiger partial charge in [-0.1, -0.05) is 18.2 Å². The molecule has 1 saturated heterocycles. The summed E-state index contributed by atoms with van der Waals surface area (Å²) >= 11 is 0. The van der Waals surface area contributed by atoms with Crippen LogP contribution in [-0.2, 0) is 42.9 Å². The summed E-state index contributed by atoms with van der Waals surface area (Å²) in [5.74, 6) is -3.53. The number of rotatable bonds is 8. The van der Waals surface area contributed by atoms with Gasteiger partial charge < -0.3 is 32.8 Å². The van der Waals surface area contributed by atoms with Crippen molar-refractivity contribution in [3.63, 3.8) is 0 Å². The molecule has 3 aromatic rings. The first kappa shape index (κ1) is 30.2. The summed E-state index contributed by atoms with van der Waals surface area (Å²) < 4.78 is 53.0. The molecule has 1 fully saturated rings. The van der Waals surface area contributed by atoms with Gasteiger partial charge in [-0.15, -0.1) is 0 Å². The van der Waals surface area contributed by atoms with Crippen LogP contribution in [0.25, 0.3) is 22.1 Å². The molecule has 2 heterocycles.